The predicted molar refractivity (Wildman–Crippen MR) is 109 cm³/mol. The highest BCUT2D eigenvalue weighted by molar-refractivity contribution is 6.09. The highest BCUT2D eigenvalue weighted by Crippen LogP contribution is 2.29. The molecule has 3 fully saturated rings. The largest absolute Gasteiger partial charge is 0.340 e. The summed E-state index contributed by atoms with van der Waals surface area (Å²) in [6, 6.07) is 9.14. The lowest BCUT2D eigenvalue weighted by molar-refractivity contribution is -0.140. The number of carbonyl (C=O) groups excluding carboxylic acids is 2. The van der Waals surface area contributed by atoms with Crippen LogP contribution in [-0.4, -0.2) is 48.4 Å². The van der Waals surface area contributed by atoms with Crippen LogP contribution in [0.3, 0.4) is 0 Å². The summed E-state index contributed by atoms with van der Waals surface area (Å²) in [5, 5.41) is 3.60. The molecule has 3 aliphatic rings. The molecule has 6 heteroatoms. The van der Waals surface area contributed by atoms with E-state index in [4.69, 9.17) is 0 Å². The Hall–Kier alpha value is -1.59. The number of amides is 2. The van der Waals surface area contributed by atoms with Gasteiger partial charge in [-0.3, -0.25) is 9.59 Å². The van der Waals surface area contributed by atoms with E-state index in [9.17, 15) is 9.59 Å². The molecular formula is C21H30ClN3O2. The van der Waals surface area contributed by atoms with Crippen molar-refractivity contribution in [3.05, 3.63) is 29.8 Å². The Morgan fingerprint density at radius 3 is 2.44 bits per heavy atom. The van der Waals surface area contributed by atoms with Crippen molar-refractivity contribution in [3.63, 3.8) is 0 Å². The van der Waals surface area contributed by atoms with Crippen LogP contribution in [0.1, 0.15) is 51.0 Å². The first kappa shape index (κ1) is 20.2. The minimum absolute atomic E-state index is 0. The van der Waals surface area contributed by atoms with Gasteiger partial charge >= 0.3 is 0 Å². The van der Waals surface area contributed by atoms with Crippen molar-refractivity contribution in [1.82, 2.24) is 10.2 Å². The first-order valence-corrected chi connectivity index (χ1v) is 9.99. The molecule has 148 valence electrons. The Morgan fingerprint density at radius 1 is 1.04 bits per heavy atom. The summed E-state index contributed by atoms with van der Waals surface area (Å²) in [6.07, 6.45) is 3.99. The molecule has 5 nitrogen and oxygen atoms in total. The van der Waals surface area contributed by atoms with Crippen LogP contribution in [0.4, 0.5) is 5.69 Å². The number of halogens is 1. The number of carbonyl (C=O) groups is 2. The van der Waals surface area contributed by atoms with E-state index in [0.717, 1.165) is 31.6 Å². The van der Waals surface area contributed by atoms with E-state index in [1.54, 1.807) is 4.90 Å². The van der Waals surface area contributed by atoms with Crippen LogP contribution in [0.2, 0.25) is 0 Å². The third-order valence-corrected chi connectivity index (χ3v) is 6.21. The first-order chi connectivity index (χ1) is 12.5. The van der Waals surface area contributed by atoms with Crippen LogP contribution in [-0.2, 0) is 9.59 Å². The number of anilines is 1. The van der Waals surface area contributed by atoms with E-state index in [1.165, 1.54) is 12.0 Å². The van der Waals surface area contributed by atoms with E-state index in [2.05, 4.69) is 31.3 Å². The van der Waals surface area contributed by atoms with Gasteiger partial charge in [0.25, 0.3) is 0 Å². The quantitative estimate of drug-likeness (QED) is 0.806. The monoisotopic (exact) mass is 391 g/mol. The van der Waals surface area contributed by atoms with Crippen LogP contribution >= 0.6 is 12.4 Å². The maximum Gasteiger partial charge on any atom is 0.239 e. The molecule has 0 saturated carbocycles. The van der Waals surface area contributed by atoms with E-state index >= 15 is 0 Å². The Morgan fingerprint density at radius 2 is 1.74 bits per heavy atom. The molecule has 27 heavy (non-hydrogen) atoms. The molecule has 1 aromatic rings. The van der Waals surface area contributed by atoms with Gasteiger partial charge in [-0.05, 0) is 49.3 Å². The fourth-order valence-electron chi connectivity index (χ4n) is 4.57. The Kier molecular flexibility index (Phi) is 6.11. The summed E-state index contributed by atoms with van der Waals surface area (Å²) >= 11 is 0. The van der Waals surface area contributed by atoms with Gasteiger partial charge in [-0.1, -0.05) is 26.0 Å². The normalized spacial score (nSPS) is 27.7. The number of rotatable bonds is 3. The van der Waals surface area contributed by atoms with Gasteiger partial charge in [0.1, 0.15) is 5.92 Å². The molecule has 3 saturated heterocycles. The maximum absolute atomic E-state index is 13.0. The van der Waals surface area contributed by atoms with Gasteiger partial charge in [0.05, 0.1) is 0 Å². The van der Waals surface area contributed by atoms with Crippen molar-refractivity contribution in [1.29, 1.82) is 0 Å². The van der Waals surface area contributed by atoms with E-state index in [0.29, 0.717) is 31.0 Å². The Labute approximate surface area is 167 Å². The van der Waals surface area contributed by atoms with E-state index in [-0.39, 0.29) is 24.2 Å². The number of nitrogens with one attached hydrogen (secondary N) is 1. The number of hydrogen-bond donors (Lipinski definition) is 1. The third kappa shape index (κ3) is 3.99. The second-order valence-electron chi connectivity index (χ2n) is 8.29. The van der Waals surface area contributed by atoms with E-state index < -0.39 is 5.92 Å². The van der Waals surface area contributed by atoms with Crippen molar-refractivity contribution in [2.75, 3.05) is 24.5 Å². The van der Waals surface area contributed by atoms with Crippen LogP contribution in [0.15, 0.2) is 24.3 Å². The number of likely N-dealkylation sites (tertiary alicyclic amines) is 1. The Balaban J connectivity index is 0.00000210. The lowest BCUT2D eigenvalue weighted by atomic mass is 10.0. The number of fused-ring (bicyclic) bond motifs is 2. The van der Waals surface area contributed by atoms with Crippen molar-refractivity contribution >= 4 is 29.9 Å². The highest BCUT2D eigenvalue weighted by atomic mass is 35.5. The van der Waals surface area contributed by atoms with Crippen molar-refractivity contribution in [3.8, 4) is 0 Å². The second kappa shape index (κ2) is 8.19. The van der Waals surface area contributed by atoms with E-state index in [1.807, 2.05) is 17.0 Å². The molecule has 2 bridgehead atoms. The van der Waals surface area contributed by atoms with Crippen LogP contribution in [0.5, 0.6) is 0 Å². The van der Waals surface area contributed by atoms with Crippen LogP contribution < -0.4 is 10.2 Å². The van der Waals surface area contributed by atoms with Gasteiger partial charge in [0, 0.05) is 37.4 Å². The lowest BCUT2D eigenvalue weighted by Crippen LogP contribution is -2.44. The zero-order valence-corrected chi connectivity index (χ0v) is 17.0. The average Bonchev–Trinajstić information content (AvgIpc) is 3.16. The minimum atomic E-state index is -0.503. The molecular weight excluding hydrogens is 362 g/mol. The molecule has 0 radical (unpaired) electrons. The number of hydrogen-bond acceptors (Lipinski definition) is 3. The van der Waals surface area contributed by atoms with Crippen molar-refractivity contribution in [2.24, 2.45) is 5.92 Å². The average molecular weight is 392 g/mol. The van der Waals surface area contributed by atoms with Crippen molar-refractivity contribution < 1.29 is 9.59 Å². The lowest BCUT2D eigenvalue weighted by Gasteiger charge is -2.26. The molecule has 0 aromatic heterocycles. The molecule has 0 spiro atoms. The molecule has 1 N–H and O–H groups in total. The summed E-state index contributed by atoms with van der Waals surface area (Å²) in [6.45, 7) is 6.48. The second-order valence-corrected chi connectivity index (χ2v) is 8.29. The zero-order chi connectivity index (χ0) is 18.3. The standard InChI is InChI=1S/C21H29N3O2.ClH/c1-14(2)15-3-7-18(8-4-15)24-12-10-19(21(24)26)20(25)23-11-9-16-5-6-17(13-23)22-16;/h3-4,7-8,14,16-17,19,22H,5-6,9-13H2,1-2H3;1H. The SMILES string of the molecule is CC(C)c1ccc(N2CCC(C(=O)N3CCC4CCC(C3)N4)C2=O)cc1.Cl. The van der Waals surface area contributed by atoms with Crippen LogP contribution in [0, 0.1) is 5.92 Å². The molecule has 4 rings (SSSR count). The maximum atomic E-state index is 13.0. The molecule has 3 atom stereocenters. The first-order valence-electron chi connectivity index (χ1n) is 9.99. The van der Waals surface area contributed by atoms with Gasteiger partial charge in [-0.2, -0.15) is 0 Å². The van der Waals surface area contributed by atoms with Gasteiger partial charge in [-0.15, -0.1) is 12.4 Å². The number of benzene rings is 1. The fourth-order valence-corrected chi connectivity index (χ4v) is 4.57. The molecule has 3 unspecified atom stereocenters. The molecule has 0 aliphatic carbocycles. The van der Waals surface area contributed by atoms with Crippen molar-refractivity contribution in [2.45, 2.75) is 57.5 Å². The third-order valence-electron chi connectivity index (χ3n) is 6.21. The molecule has 2 amide bonds. The number of nitrogens with zero attached hydrogens (tertiary/aromatic N) is 2. The van der Waals surface area contributed by atoms with Gasteiger partial charge in [-0.25, -0.2) is 0 Å². The predicted octanol–water partition coefficient (Wildman–Crippen LogP) is 2.94. The topological polar surface area (TPSA) is 52.7 Å². The summed E-state index contributed by atoms with van der Waals surface area (Å²) in [4.78, 5) is 29.7. The van der Waals surface area contributed by atoms with Gasteiger partial charge in [0.2, 0.25) is 11.8 Å². The summed E-state index contributed by atoms with van der Waals surface area (Å²) < 4.78 is 0. The molecule has 3 heterocycles. The molecule has 1 aromatic carbocycles. The summed E-state index contributed by atoms with van der Waals surface area (Å²) in [5.74, 6) is -0.0312. The highest BCUT2D eigenvalue weighted by Gasteiger charge is 2.41. The fraction of sp³-hybridized carbons (Fsp3) is 0.619. The zero-order valence-electron chi connectivity index (χ0n) is 16.2. The Bertz CT molecular complexity index is 691. The summed E-state index contributed by atoms with van der Waals surface area (Å²) in [5.41, 5.74) is 2.17. The van der Waals surface area contributed by atoms with Gasteiger partial charge in [0.15, 0.2) is 0 Å². The van der Waals surface area contributed by atoms with Crippen LogP contribution in [0.25, 0.3) is 0 Å². The minimum Gasteiger partial charge on any atom is -0.340 e. The molecule has 3 aliphatic heterocycles. The summed E-state index contributed by atoms with van der Waals surface area (Å²) in [7, 11) is 0. The van der Waals surface area contributed by atoms with Gasteiger partial charge < -0.3 is 15.1 Å². The smallest absolute Gasteiger partial charge is 0.239 e.